The van der Waals surface area contributed by atoms with Crippen molar-refractivity contribution in [3.8, 4) is 22.8 Å². The van der Waals surface area contributed by atoms with E-state index in [1.807, 2.05) is 0 Å². The third kappa shape index (κ3) is 3.77. The first-order valence-electron chi connectivity index (χ1n) is 9.04. The summed E-state index contributed by atoms with van der Waals surface area (Å²) in [7, 11) is 1.48. The van der Waals surface area contributed by atoms with Crippen LogP contribution in [0, 0.1) is 6.92 Å². The van der Waals surface area contributed by atoms with Gasteiger partial charge in [0.2, 0.25) is 0 Å². The lowest BCUT2D eigenvalue weighted by Crippen LogP contribution is -2.14. The minimum absolute atomic E-state index is 0.107. The molecule has 0 radical (unpaired) electrons. The maximum absolute atomic E-state index is 13.2. The number of aryl methyl sites for hydroxylation is 1. The summed E-state index contributed by atoms with van der Waals surface area (Å²) in [6, 6.07) is 10.2. The molecule has 1 fully saturated rings. The van der Waals surface area contributed by atoms with E-state index < -0.39 is 12.3 Å². The van der Waals surface area contributed by atoms with Gasteiger partial charge in [-0.25, -0.2) is 4.79 Å². The van der Waals surface area contributed by atoms with Gasteiger partial charge in [0, 0.05) is 5.56 Å². The topological polar surface area (TPSA) is 80.0 Å². The molecule has 0 N–H and O–H groups in total. The fourth-order valence-corrected chi connectivity index (χ4v) is 3.75. The molecule has 1 aliphatic rings. The van der Waals surface area contributed by atoms with Crippen LogP contribution in [0.25, 0.3) is 11.3 Å². The Labute approximate surface area is 182 Å². The summed E-state index contributed by atoms with van der Waals surface area (Å²) in [5.41, 5.74) is 1.21. The number of nitrogens with zero attached hydrogens (tertiary/aromatic N) is 1. The molecule has 0 saturated carbocycles. The maximum Gasteiger partial charge on any atom is 0.349 e. The van der Waals surface area contributed by atoms with Gasteiger partial charge in [0.15, 0.2) is 17.8 Å². The van der Waals surface area contributed by atoms with Crippen molar-refractivity contribution in [3.63, 3.8) is 0 Å². The largest absolute Gasteiger partial charge is 0.493 e. The Balaban J connectivity index is 1.76. The molecule has 0 aliphatic carbocycles. The van der Waals surface area contributed by atoms with Gasteiger partial charge in [-0.3, -0.25) is 0 Å². The van der Waals surface area contributed by atoms with Gasteiger partial charge in [-0.1, -0.05) is 40.5 Å². The van der Waals surface area contributed by atoms with Crippen molar-refractivity contribution >= 4 is 29.2 Å². The van der Waals surface area contributed by atoms with Crippen LogP contribution < -0.4 is 9.47 Å². The van der Waals surface area contributed by atoms with Crippen molar-refractivity contribution < 1.29 is 28.3 Å². The SMILES string of the molecule is COc1cccc(C2OCCO2)c1OC(=O)c1c(-c2c(Cl)cccc2Cl)noc1C. The number of esters is 1. The minimum Gasteiger partial charge on any atom is -0.493 e. The molecule has 1 aliphatic heterocycles. The second kappa shape index (κ2) is 8.65. The summed E-state index contributed by atoms with van der Waals surface area (Å²) < 4.78 is 27.5. The Morgan fingerprint density at radius 1 is 1.10 bits per heavy atom. The Morgan fingerprint density at radius 2 is 1.77 bits per heavy atom. The molecule has 4 rings (SSSR count). The first kappa shape index (κ1) is 20.7. The lowest BCUT2D eigenvalue weighted by Gasteiger charge is -2.17. The number of rotatable bonds is 5. The molecular weight excluding hydrogens is 433 g/mol. The Bertz CT molecular complexity index is 1070. The Kier molecular flexibility index (Phi) is 5.97. The van der Waals surface area contributed by atoms with Crippen LogP contribution in [0.3, 0.4) is 0 Å². The molecule has 30 heavy (non-hydrogen) atoms. The molecule has 156 valence electrons. The predicted octanol–water partition coefficient (Wildman–Crippen LogP) is 5.23. The van der Waals surface area contributed by atoms with E-state index in [1.165, 1.54) is 7.11 Å². The summed E-state index contributed by atoms with van der Waals surface area (Å²) in [5.74, 6) is 0.0966. The van der Waals surface area contributed by atoms with Crippen molar-refractivity contribution in [2.75, 3.05) is 20.3 Å². The highest BCUT2D eigenvalue weighted by molar-refractivity contribution is 6.39. The number of hydrogen-bond donors (Lipinski definition) is 0. The number of aromatic nitrogens is 1. The van der Waals surface area contributed by atoms with Crippen LogP contribution >= 0.6 is 23.2 Å². The summed E-state index contributed by atoms with van der Waals surface area (Å²) >= 11 is 12.6. The molecule has 3 aromatic rings. The number of para-hydroxylation sites is 1. The molecule has 0 bridgehead atoms. The molecular formula is C21H17Cl2NO6. The fraction of sp³-hybridized carbons (Fsp3) is 0.238. The molecule has 0 unspecified atom stereocenters. The van der Waals surface area contributed by atoms with Crippen molar-refractivity contribution in [1.82, 2.24) is 5.16 Å². The molecule has 0 atom stereocenters. The zero-order chi connectivity index (χ0) is 21.3. The zero-order valence-corrected chi connectivity index (χ0v) is 17.6. The first-order valence-corrected chi connectivity index (χ1v) is 9.79. The van der Waals surface area contributed by atoms with Crippen molar-refractivity contribution in [1.29, 1.82) is 0 Å². The second-order valence-corrected chi connectivity index (χ2v) is 7.22. The third-order valence-corrected chi connectivity index (χ3v) is 5.20. The van der Waals surface area contributed by atoms with Gasteiger partial charge in [0.1, 0.15) is 17.0 Å². The molecule has 1 aromatic heterocycles. The van der Waals surface area contributed by atoms with E-state index in [0.29, 0.717) is 40.1 Å². The van der Waals surface area contributed by atoms with Gasteiger partial charge in [-0.2, -0.15) is 0 Å². The van der Waals surface area contributed by atoms with E-state index in [1.54, 1.807) is 43.3 Å². The molecule has 9 heteroatoms. The molecule has 2 aromatic carbocycles. The van der Waals surface area contributed by atoms with E-state index in [-0.39, 0.29) is 22.8 Å². The van der Waals surface area contributed by atoms with Gasteiger partial charge in [0.25, 0.3) is 0 Å². The number of carbonyl (C=O) groups excluding carboxylic acids is 1. The summed E-state index contributed by atoms with van der Waals surface area (Å²) in [4.78, 5) is 13.2. The smallest absolute Gasteiger partial charge is 0.349 e. The summed E-state index contributed by atoms with van der Waals surface area (Å²) in [6.45, 7) is 2.48. The number of halogens is 2. The minimum atomic E-state index is -0.705. The molecule has 0 amide bonds. The molecule has 2 heterocycles. The maximum atomic E-state index is 13.2. The van der Waals surface area contributed by atoms with Crippen molar-refractivity contribution in [3.05, 3.63) is 63.3 Å². The predicted molar refractivity (Wildman–Crippen MR) is 109 cm³/mol. The average Bonchev–Trinajstić information content (AvgIpc) is 3.38. The van der Waals surface area contributed by atoms with E-state index in [4.69, 9.17) is 46.7 Å². The summed E-state index contributed by atoms with van der Waals surface area (Å²) in [6.07, 6.45) is -0.663. The van der Waals surface area contributed by atoms with Crippen LogP contribution in [0.4, 0.5) is 0 Å². The van der Waals surface area contributed by atoms with Gasteiger partial charge in [-0.15, -0.1) is 0 Å². The lowest BCUT2D eigenvalue weighted by molar-refractivity contribution is -0.0455. The number of ether oxygens (including phenoxy) is 4. The lowest BCUT2D eigenvalue weighted by atomic mass is 10.1. The van der Waals surface area contributed by atoms with Crippen molar-refractivity contribution in [2.45, 2.75) is 13.2 Å². The fourth-order valence-electron chi connectivity index (χ4n) is 3.18. The first-order chi connectivity index (χ1) is 14.5. The van der Waals surface area contributed by atoms with E-state index >= 15 is 0 Å². The van der Waals surface area contributed by atoms with Gasteiger partial charge in [0.05, 0.1) is 35.9 Å². The Hall–Kier alpha value is -2.58. The zero-order valence-electron chi connectivity index (χ0n) is 16.1. The van der Waals surface area contributed by atoms with Gasteiger partial charge in [-0.05, 0) is 31.2 Å². The molecule has 7 nitrogen and oxygen atoms in total. The highest BCUT2D eigenvalue weighted by Gasteiger charge is 2.30. The monoisotopic (exact) mass is 449 g/mol. The Morgan fingerprint density at radius 3 is 2.43 bits per heavy atom. The van der Waals surface area contributed by atoms with Crippen LogP contribution in [-0.4, -0.2) is 31.4 Å². The van der Waals surface area contributed by atoms with Crippen LogP contribution in [0.5, 0.6) is 11.5 Å². The normalized spacial score (nSPS) is 14.1. The number of carbonyl (C=O) groups is 1. The standard InChI is InChI=1S/C21H17Cl2NO6/c1-11-16(18(24-30-11)17-13(22)6-4-7-14(17)23)20(25)29-19-12(21-27-9-10-28-21)5-3-8-15(19)26-2/h3-8,21H,9-10H2,1-2H3. The number of methoxy groups -OCH3 is 1. The van der Waals surface area contributed by atoms with Crippen molar-refractivity contribution in [2.24, 2.45) is 0 Å². The van der Waals surface area contributed by atoms with Crippen LogP contribution in [0.2, 0.25) is 10.0 Å². The van der Waals surface area contributed by atoms with Gasteiger partial charge >= 0.3 is 5.97 Å². The highest BCUT2D eigenvalue weighted by Crippen LogP contribution is 2.40. The number of benzene rings is 2. The molecule has 1 saturated heterocycles. The van der Waals surface area contributed by atoms with E-state index in [0.717, 1.165) is 0 Å². The third-order valence-electron chi connectivity index (χ3n) is 4.57. The van der Waals surface area contributed by atoms with Crippen LogP contribution in [0.15, 0.2) is 40.9 Å². The van der Waals surface area contributed by atoms with Crippen LogP contribution in [-0.2, 0) is 9.47 Å². The van der Waals surface area contributed by atoms with E-state index in [9.17, 15) is 4.79 Å². The molecule has 0 spiro atoms. The van der Waals surface area contributed by atoms with E-state index in [2.05, 4.69) is 5.16 Å². The van der Waals surface area contributed by atoms with Gasteiger partial charge < -0.3 is 23.5 Å². The average molecular weight is 450 g/mol. The van der Waals surface area contributed by atoms with Crippen LogP contribution in [0.1, 0.15) is 28.0 Å². The second-order valence-electron chi connectivity index (χ2n) is 6.40. The summed E-state index contributed by atoms with van der Waals surface area (Å²) in [5, 5.41) is 4.65. The quantitative estimate of drug-likeness (QED) is 0.389. The highest BCUT2D eigenvalue weighted by atomic mass is 35.5. The number of hydrogen-bond acceptors (Lipinski definition) is 7.